The highest BCUT2D eigenvalue weighted by atomic mass is 19.1. The Bertz CT molecular complexity index is 742. The number of carbonyl (C=O) groups is 1. The molecule has 0 atom stereocenters. The first-order valence-corrected chi connectivity index (χ1v) is 7.88. The summed E-state index contributed by atoms with van der Waals surface area (Å²) < 4.78 is 18.6. The van der Waals surface area contributed by atoms with Gasteiger partial charge < -0.3 is 9.64 Å². The van der Waals surface area contributed by atoms with E-state index in [9.17, 15) is 9.18 Å². The summed E-state index contributed by atoms with van der Waals surface area (Å²) in [5.74, 6) is -0.325. The highest BCUT2D eigenvalue weighted by molar-refractivity contribution is 5.92. The van der Waals surface area contributed by atoms with Gasteiger partial charge in [0.05, 0.1) is 7.11 Å². The second kappa shape index (κ2) is 7.25. The van der Waals surface area contributed by atoms with Gasteiger partial charge in [-0.1, -0.05) is 12.1 Å². The quantitative estimate of drug-likeness (QED) is 0.764. The molecular weight excluding hydrogens is 307 g/mol. The van der Waals surface area contributed by atoms with Gasteiger partial charge in [0.15, 0.2) is 11.6 Å². The van der Waals surface area contributed by atoms with Gasteiger partial charge in [0.2, 0.25) is 5.91 Å². The van der Waals surface area contributed by atoms with Crippen molar-refractivity contribution in [2.45, 2.75) is 25.4 Å². The molecule has 0 aliphatic heterocycles. The van der Waals surface area contributed by atoms with Crippen LogP contribution in [-0.2, 0) is 11.3 Å². The van der Waals surface area contributed by atoms with Crippen LogP contribution < -0.4 is 4.74 Å². The molecule has 3 rings (SSSR count). The summed E-state index contributed by atoms with van der Waals surface area (Å²) >= 11 is 0. The summed E-state index contributed by atoms with van der Waals surface area (Å²) in [5.41, 5.74) is 1.63. The Hall–Kier alpha value is -2.69. The molecule has 4 nitrogen and oxygen atoms in total. The zero-order chi connectivity index (χ0) is 16.9. The number of aromatic nitrogens is 1. The Labute approximate surface area is 140 Å². The van der Waals surface area contributed by atoms with Gasteiger partial charge in [-0.05, 0) is 48.2 Å². The maximum Gasteiger partial charge on any atom is 0.247 e. The summed E-state index contributed by atoms with van der Waals surface area (Å²) in [5, 5.41) is 0. The van der Waals surface area contributed by atoms with Crippen molar-refractivity contribution in [1.29, 1.82) is 0 Å². The predicted molar refractivity (Wildman–Crippen MR) is 89.8 cm³/mol. The fraction of sp³-hybridized carbons (Fsp3) is 0.263. The molecule has 1 heterocycles. The molecule has 24 heavy (non-hydrogen) atoms. The molecule has 0 spiro atoms. The summed E-state index contributed by atoms with van der Waals surface area (Å²) in [4.78, 5) is 18.4. The number of halogens is 1. The normalized spacial score (nSPS) is 13.9. The molecule has 1 fully saturated rings. The lowest BCUT2D eigenvalue weighted by Crippen LogP contribution is -2.31. The van der Waals surface area contributed by atoms with E-state index in [0.29, 0.717) is 12.1 Å². The van der Waals surface area contributed by atoms with Gasteiger partial charge in [-0.2, -0.15) is 0 Å². The van der Waals surface area contributed by atoms with Crippen molar-refractivity contribution in [2.75, 3.05) is 7.11 Å². The summed E-state index contributed by atoms with van der Waals surface area (Å²) in [6.07, 6.45) is 8.66. The Morgan fingerprint density at radius 3 is 2.88 bits per heavy atom. The van der Waals surface area contributed by atoms with Crippen molar-refractivity contribution in [3.8, 4) is 5.75 Å². The van der Waals surface area contributed by atoms with Gasteiger partial charge in [0.1, 0.15) is 0 Å². The fourth-order valence-corrected chi connectivity index (χ4v) is 2.51. The standard InChI is InChI=1S/C19H19FN2O2/c1-24-18-8-4-14(11-17(18)20)5-9-19(23)22(16-6-7-16)13-15-3-2-10-21-12-15/h2-5,8-12,16H,6-7,13H2,1H3. The molecule has 1 aliphatic rings. The zero-order valence-corrected chi connectivity index (χ0v) is 13.5. The minimum Gasteiger partial charge on any atom is -0.494 e. The lowest BCUT2D eigenvalue weighted by Gasteiger charge is -2.20. The third-order valence-corrected chi connectivity index (χ3v) is 3.94. The van der Waals surface area contributed by atoms with Crippen LogP contribution >= 0.6 is 0 Å². The Balaban J connectivity index is 1.70. The molecule has 1 amide bonds. The van der Waals surface area contributed by atoms with E-state index >= 15 is 0 Å². The van der Waals surface area contributed by atoms with Crippen LogP contribution in [0.15, 0.2) is 48.8 Å². The zero-order valence-electron chi connectivity index (χ0n) is 13.5. The SMILES string of the molecule is COc1ccc(C=CC(=O)N(Cc2cccnc2)C2CC2)cc1F. The van der Waals surface area contributed by atoms with E-state index in [4.69, 9.17) is 4.74 Å². The predicted octanol–water partition coefficient (Wildman–Crippen LogP) is 3.43. The van der Waals surface area contributed by atoms with Crippen molar-refractivity contribution in [1.82, 2.24) is 9.88 Å². The first-order chi connectivity index (χ1) is 11.7. The molecule has 0 saturated heterocycles. The summed E-state index contributed by atoms with van der Waals surface area (Å²) in [6, 6.07) is 8.72. The Kier molecular flexibility index (Phi) is 4.89. The van der Waals surface area contributed by atoms with Crippen LogP contribution in [0, 0.1) is 5.82 Å². The van der Waals surface area contributed by atoms with E-state index in [1.165, 1.54) is 19.3 Å². The summed E-state index contributed by atoms with van der Waals surface area (Å²) in [7, 11) is 1.42. The highest BCUT2D eigenvalue weighted by Gasteiger charge is 2.31. The number of hydrogen-bond donors (Lipinski definition) is 0. The van der Waals surface area contributed by atoms with Gasteiger partial charge in [-0.3, -0.25) is 9.78 Å². The minimum atomic E-state index is -0.443. The van der Waals surface area contributed by atoms with Crippen LogP contribution in [0.4, 0.5) is 4.39 Å². The van der Waals surface area contributed by atoms with Crippen LogP contribution in [0.3, 0.4) is 0 Å². The van der Waals surface area contributed by atoms with Gasteiger partial charge >= 0.3 is 0 Å². The largest absolute Gasteiger partial charge is 0.494 e. The number of benzene rings is 1. The molecule has 124 valence electrons. The average molecular weight is 326 g/mol. The van der Waals surface area contributed by atoms with Crippen molar-refractivity contribution < 1.29 is 13.9 Å². The van der Waals surface area contributed by atoms with Crippen LogP contribution in [0.25, 0.3) is 6.08 Å². The number of ether oxygens (including phenoxy) is 1. The van der Waals surface area contributed by atoms with Gasteiger partial charge in [0.25, 0.3) is 0 Å². The first kappa shape index (κ1) is 16.2. The molecule has 2 aromatic rings. The van der Waals surface area contributed by atoms with Gasteiger partial charge in [-0.15, -0.1) is 0 Å². The molecule has 1 aromatic carbocycles. The number of rotatable bonds is 6. The fourth-order valence-electron chi connectivity index (χ4n) is 2.51. The van der Waals surface area contributed by atoms with E-state index in [0.717, 1.165) is 18.4 Å². The third-order valence-electron chi connectivity index (χ3n) is 3.94. The summed E-state index contributed by atoms with van der Waals surface area (Å²) in [6.45, 7) is 0.540. The molecule has 0 radical (unpaired) electrons. The number of carbonyl (C=O) groups excluding carboxylic acids is 1. The Morgan fingerprint density at radius 2 is 2.25 bits per heavy atom. The molecule has 0 bridgehead atoms. The molecular formula is C19H19FN2O2. The van der Waals surface area contributed by atoms with Crippen LogP contribution in [0.2, 0.25) is 0 Å². The van der Waals surface area contributed by atoms with Crippen LogP contribution in [-0.4, -0.2) is 28.9 Å². The van der Waals surface area contributed by atoms with Crippen molar-refractivity contribution >= 4 is 12.0 Å². The van der Waals surface area contributed by atoms with Crippen LogP contribution in [0.1, 0.15) is 24.0 Å². The lowest BCUT2D eigenvalue weighted by atomic mass is 10.2. The molecule has 0 N–H and O–H groups in total. The molecule has 1 aliphatic carbocycles. The highest BCUT2D eigenvalue weighted by Crippen LogP contribution is 2.28. The van der Waals surface area contributed by atoms with Crippen molar-refractivity contribution in [2.24, 2.45) is 0 Å². The molecule has 0 unspecified atom stereocenters. The van der Waals surface area contributed by atoms with Crippen molar-refractivity contribution in [3.05, 3.63) is 65.7 Å². The molecule has 5 heteroatoms. The average Bonchev–Trinajstić information content (AvgIpc) is 3.43. The topological polar surface area (TPSA) is 42.4 Å². The van der Waals surface area contributed by atoms with E-state index in [2.05, 4.69) is 4.98 Å². The number of methoxy groups -OCH3 is 1. The number of nitrogens with zero attached hydrogens (tertiary/aromatic N) is 2. The second-order valence-corrected chi connectivity index (χ2v) is 5.79. The van der Waals surface area contributed by atoms with E-state index in [1.807, 2.05) is 17.0 Å². The monoisotopic (exact) mass is 326 g/mol. The number of hydrogen-bond acceptors (Lipinski definition) is 3. The van der Waals surface area contributed by atoms with Crippen LogP contribution in [0.5, 0.6) is 5.75 Å². The second-order valence-electron chi connectivity index (χ2n) is 5.79. The van der Waals surface area contributed by atoms with E-state index in [1.54, 1.807) is 30.6 Å². The van der Waals surface area contributed by atoms with Crippen molar-refractivity contribution in [3.63, 3.8) is 0 Å². The number of amides is 1. The van der Waals surface area contributed by atoms with E-state index in [-0.39, 0.29) is 17.7 Å². The minimum absolute atomic E-state index is 0.0717. The number of pyridine rings is 1. The third kappa shape index (κ3) is 3.98. The maximum absolute atomic E-state index is 13.7. The van der Waals surface area contributed by atoms with Gasteiger partial charge in [0, 0.05) is 31.1 Å². The lowest BCUT2D eigenvalue weighted by molar-refractivity contribution is -0.127. The van der Waals surface area contributed by atoms with Gasteiger partial charge in [-0.25, -0.2) is 4.39 Å². The smallest absolute Gasteiger partial charge is 0.247 e. The molecule has 1 aromatic heterocycles. The first-order valence-electron chi connectivity index (χ1n) is 7.88. The maximum atomic E-state index is 13.7. The Morgan fingerprint density at radius 1 is 1.42 bits per heavy atom. The van der Waals surface area contributed by atoms with E-state index < -0.39 is 5.82 Å². The molecule has 1 saturated carbocycles.